The fourth-order valence-electron chi connectivity index (χ4n) is 3.31. The molecule has 1 atom stereocenters. The van der Waals surface area contributed by atoms with Crippen LogP contribution in [0.4, 0.5) is 15.9 Å². The Bertz CT molecular complexity index is 939. The summed E-state index contributed by atoms with van der Waals surface area (Å²) in [6, 6.07) is 7.77. The minimum atomic E-state index is -0.322. The number of anilines is 2. The summed E-state index contributed by atoms with van der Waals surface area (Å²) >= 11 is 0. The van der Waals surface area contributed by atoms with Gasteiger partial charge in [-0.15, -0.1) is 0 Å². The van der Waals surface area contributed by atoms with Gasteiger partial charge in [0.25, 0.3) is 5.78 Å². The van der Waals surface area contributed by atoms with E-state index in [2.05, 4.69) is 25.3 Å². The van der Waals surface area contributed by atoms with Gasteiger partial charge in [0.2, 0.25) is 5.91 Å². The summed E-state index contributed by atoms with van der Waals surface area (Å²) in [5.74, 6) is 0.918. The van der Waals surface area contributed by atoms with Gasteiger partial charge in [0.1, 0.15) is 18.0 Å². The summed E-state index contributed by atoms with van der Waals surface area (Å²) in [4.78, 5) is 23.3. The SMILES string of the molecule is Cc1cc(N2CCC[C@@H](C(=O)Nc3ccc(F)cc3)C2)n2ncnc2n1. The number of carbonyl (C=O) groups is 1. The molecule has 2 aromatic heterocycles. The van der Waals surface area contributed by atoms with Crippen LogP contribution in [0.3, 0.4) is 0 Å². The summed E-state index contributed by atoms with van der Waals surface area (Å²) in [6.07, 6.45) is 3.20. The number of hydrogen-bond donors (Lipinski definition) is 1. The van der Waals surface area contributed by atoms with Crippen molar-refractivity contribution >= 4 is 23.2 Å². The molecule has 0 aliphatic carbocycles. The Balaban J connectivity index is 1.52. The number of halogens is 1. The Kier molecular flexibility index (Phi) is 4.24. The lowest BCUT2D eigenvalue weighted by Crippen LogP contribution is -2.41. The van der Waals surface area contributed by atoms with Crippen LogP contribution in [0.15, 0.2) is 36.7 Å². The average molecular weight is 354 g/mol. The van der Waals surface area contributed by atoms with Crippen LogP contribution in [-0.4, -0.2) is 38.6 Å². The van der Waals surface area contributed by atoms with Gasteiger partial charge in [-0.2, -0.15) is 14.6 Å². The molecule has 134 valence electrons. The predicted molar refractivity (Wildman–Crippen MR) is 95.5 cm³/mol. The molecule has 4 rings (SSSR count). The molecule has 1 aromatic carbocycles. The Labute approximate surface area is 149 Å². The number of amides is 1. The molecule has 26 heavy (non-hydrogen) atoms. The van der Waals surface area contributed by atoms with Crippen molar-refractivity contribution in [3.8, 4) is 0 Å². The standard InChI is InChI=1S/C18H19FN6O/c1-12-9-16(25-18(22-12)20-11-21-25)24-8-2-3-13(10-24)17(26)23-15-6-4-14(19)5-7-15/h4-7,9,11,13H,2-3,8,10H2,1H3,(H,23,26)/t13-/m1/s1. The van der Waals surface area contributed by atoms with Crippen molar-refractivity contribution in [1.29, 1.82) is 0 Å². The number of aryl methyl sites for hydroxylation is 1. The smallest absolute Gasteiger partial charge is 0.254 e. The maximum atomic E-state index is 13.0. The van der Waals surface area contributed by atoms with Crippen molar-refractivity contribution in [1.82, 2.24) is 19.6 Å². The summed E-state index contributed by atoms with van der Waals surface area (Å²) in [5.41, 5.74) is 1.46. The number of carbonyl (C=O) groups excluding carboxylic acids is 1. The van der Waals surface area contributed by atoms with E-state index in [1.165, 1.54) is 18.5 Å². The average Bonchev–Trinajstić information content (AvgIpc) is 3.11. The van der Waals surface area contributed by atoms with Crippen molar-refractivity contribution in [2.75, 3.05) is 23.3 Å². The number of rotatable bonds is 3. The van der Waals surface area contributed by atoms with Gasteiger partial charge in [0, 0.05) is 30.5 Å². The van der Waals surface area contributed by atoms with Crippen LogP contribution in [0.25, 0.3) is 5.78 Å². The highest BCUT2D eigenvalue weighted by Gasteiger charge is 2.27. The Hall–Kier alpha value is -3.03. The number of benzene rings is 1. The lowest BCUT2D eigenvalue weighted by atomic mass is 9.97. The lowest BCUT2D eigenvalue weighted by molar-refractivity contribution is -0.120. The molecule has 1 aliphatic rings. The molecule has 8 heteroatoms. The van der Waals surface area contributed by atoms with E-state index < -0.39 is 0 Å². The fourth-order valence-corrected chi connectivity index (χ4v) is 3.31. The first-order valence-corrected chi connectivity index (χ1v) is 8.59. The van der Waals surface area contributed by atoms with Gasteiger partial charge in [-0.25, -0.2) is 9.37 Å². The zero-order valence-corrected chi connectivity index (χ0v) is 14.4. The minimum absolute atomic E-state index is 0.0538. The second-order valence-electron chi connectivity index (χ2n) is 6.51. The normalized spacial score (nSPS) is 17.5. The summed E-state index contributed by atoms with van der Waals surface area (Å²) in [5, 5.41) is 7.12. The molecule has 1 saturated heterocycles. The Morgan fingerprint density at radius 2 is 2.12 bits per heavy atom. The molecule has 0 unspecified atom stereocenters. The molecule has 3 heterocycles. The number of fused-ring (bicyclic) bond motifs is 1. The fraction of sp³-hybridized carbons (Fsp3) is 0.333. The number of hydrogen-bond acceptors (Lipinski definition) is 5. The molecule has 1 amide bonds. The van der Waals surface area contributed by atoms with E-state index in [4.69, 9.17) is 0 Å². The maximum Gasteiger partial charge on any atom is 0.254 e. The minimum Gasteiger partial charge on any atom is -0.356 e. The van der Waals surface area contributed by atoms with E-state index in [-0.39, 0.29) is 17.6 Å². The Morgan fingerprint density at radius 3 is 2.92 bits per heavy atom. The first kappa shape index (κ1) is 16.4. The van der Waals surface area contributed by atoms with Crippen LogP contribution in [0.1, 0.15) is 18.5 Å². The predicted octanol–water partition coefficient (Wildman–Crippen LogP) is 2.43. The van der Waals surface area contributed by atoms with Crippen LogP contribution >= 0.6 is 0 Å². The monoisotopic (exact) mass is 354 g/mol. The third-order valence-electron chi connectivity index (χ3n) is 4.59. The third-order valence-corrected chi connectivity index (χ3v) is 4.59. The molecule has 0 radical (unpaired) electrons. The maximum absolute atomic E-state index is 13.0. The number of piperidine rings is 1. The van der Waals surface area contributed by atoms with E-state index in [0.29, 0.717) is 18.0 Å². The van der Waals surface area contributed by atoms with Gasteiger partial charge >= 0.3 is 0 Å². The van der Waals surface area contributed by atoms with Gasteiger partial charge in [-0.3, -0.25) is 4.79 Å². The van der Waals surface area contributed by atoms with E-state index in [1.807, 2.05) is 13.0 Å². The molecule has 0 saturated carbocycles. The van der Waals surface area contributed by atoms with Crippen LogP contribution in [0.2, 0.25) is 0 Å². The van der Waals surface area contributed by atoms with Crippen LogP contribution in [0, 0.1) is 18.7 Å². The van der Waals surface area contributed by atoms with Crippen molar-refractivity contribution in [3.05, 3.63) is 48.2 Å². The molecule has 7 nitrogen and oxygen atoms in total. The van der Waals surface area contributed by atoms with Gasteiger partial charge in [0.05, 0.1) is 5.92 Å². The van der Waals surface area contributed by atoms with Crippen molar-refractivity contribution in [2.24, 2.45) is 5.92 Å². The molecule has 3 aromatic rings. The van der Waals surface area contributed by atoms with Crippen LogP contribution in [0.5, 0.6) is 0 Å². The molecule has 1 N–H and O–H groups in total. The topological polar surface area (TPSA) is 75.4 Å². The zero-order valence-electron chi connectivity index (χ0n) is 14.4. The molecular weight excluding hydrogens is 335 g/mol. The second kappa shape index (κ2) is 6.70. The highest BCUT2D eigenvalue weighted by Crippen LogP contribution is 2.25. The zero-order chi connectivity index (χ0) is 18.1. The van der Waals surface area contributed by atoms with Gasteiger partial charge < -0.3 is 10.2 Å². The first-order valence-electron chi connectivity index (χ1n) is 8.59. The molecular formula is C18H19FN6O. The van der Waals surface area contributed by atoms with E-state index in [0.717, 1.165) is 30.9 Å². The van der Waals surface area contributed by atoms with Crippen molar-refractivity contribution < 1.29 is 9.18 Å². The van der Waals surface area contributed by atoms with Crippen molar-refractivity contribution in [3.63, 3.8) is 0 Å². The van der Waals surface area contributed by atoms with Gasteiger partial charge in [-0.05, 0) is 44.0 Å². The number of aromatic nitrogens is 4. The van der Waals surface area contributed by atoms with E-state index >= 15 is 0 Å². The summed E-state index contributed by atoms with van der Waals surface area (Å²) in [6.45, 7) is 3.35. The van der Waals surface area contributed by atoms with E-state index in [1.54, 1.807) is 16.6 Å². The number of nitrogens with one attached hydrogen (secondary N) is 1. The highest BCUT2D eigenvalue weighted by molar-refractivity contribution is 5.93. The van der Waals surface area contributed by atoms with Gasteiger partial charge in [0.15, 0.2) is 0 Å². The quantitative estimate of drug-likeness (QED) is 0.782. The summed E-state index contributed by atoms with van der Waals surface area (Å²) in [7, 11) is 0. The van der Waals surface area contributed by atoms with Gasteiger partial charge in [-0.1, -0.05) is 0 Å². The summed E-state index contributed by atoms with van der Waals surface area (Å²) < 4.78 is 14.7. The van der Waals surface area contributed by atoms with Crippen LogP contribution in [-0.2, 0) is 4.79 Å². The lowest BCUT2D eigenvalue weighted by Gasteiger charge is -2.33. The second-order valence-corrected chi connectivity index (χ2v) is 6.51. The molecule has 0 spiro atoms. The third kappa shape index (κ3) is 3.22. The van der Waals surface area contributed by atoms with E-state index in [9.17, 15) is 9.18 Å². The number of nitrogens with zero attached hydrogens (tertiary/aromatic N) is 5. The van der Waals surface area contributed by atoms with Crippen LogP contribution < -0.4 is 10.2 Å². The first-order chi connectivity index (χ1) is 12.6. The molecule has 0 bridgehead atoms. The molecule has 1 aliphatic heterocycles. The Morgan fingerprint density at radius 1 is 1.31 bits per heavy atom. The molecule has 1 fully saturated rings. The highest BCUT2D eigenvalue weighted by atomic mass is 19.1. The largest absolute Gasteiger partial charge is 0.356 e. The van der Waals surface area contributed by atoms with Crippen molar-refractivity contribution in [2.45, 2.75) is 19.8 Å².